The fraction of sp³-hybridized carbons (Fsp3) is 0.409. The topological polar surface area (TPSA) is 27.1 Å². The third-order valence-electron chi connectivity index (χ3n) is 4.99. The van der Waals surface area contributed by atoms with E-state index in [4.69, 9.17) is 9.72 Å². The predicted octanol–water partition coefficient (Wildman–Crippen LogP) is 5.39. The number of ether oxygens (including phenoxy) is 1. The van der Waals surface area contributed by atoms with Crippen LogP contribution in [0.25, 0.3) is 11.0 Å². The van der Waals surface area contributed by atoms with Gasteiger partial charge in [0.2, 0.25) is 0 Å². The number of benzene rings is 2. The average Bonchev–Trinajstić information content (AvgIpc) is 3.38. The summed E-state index contributed by atoms with van der Waals surface area (Å²) in [7, 11) is 0. The number of unbranched alkanes of at least 4 members (excludes halogenated alkanes) is 1. The molecule has 0 radical (unpaired) electrons. The van der Waals surface area contributed by atoms with Crippen molar-refractivity contribution in [1.29, 1.82) is 0 Å². The summed E-state index contributed by atoms with van der Waals surface area (Å²) >= 11 is 0. The van der Waals surface area contributed by atoms with E-state index in [2.05, 4.69) is 60.9 Å². The molecule has 2 aromatic carbocycles. The molecule has 0 spiro atoms. The molecule has 1 saturated carbocycles. The van der Waals surface area contributed by atoms with Crippen LogP contribution in [-0.4, -0.2) is 16.2 Å². The molecule has 0 aliphatic heterocycles. The highest BCUT2D eigenvalue weighted by atomic mass is 16.5. The summed E-state index contributed by atoms with van der Waals surface area (Å²) in [5.74, 6) is 2.98. The number of aryl methyl sites for hydroxylation is 3. The van der Waals surface area contributed by atoms with Gasteiger partial charge in [0, 0.05) is 12.5 Å². The second kappa shape index (κ2) is 6.91. The van der Waals surface area contributed by atoms with Gasteiger partial charge in [0.15, 0.2) is 0 Å². The lowest BCUT2D eigenvalue weighted by Gasteiger charge is -2.11. The third kappa shape index (κ3) is 3.55. The molecular weight excluding hydrogens is 308 g/mol. The predicted molar refractivity (Wildman–Crippen MR) is 102 cm³/mol. The van der Waals surface area contributed by atoms with E-state index in [0.29, 0.717) is 5.92 Å². The Hall–Kier alpha value is -2.29. The van der Waals surface area contributed by atoms with E-state index in [1.807, 2.05) is 0 Å². The zero-order valence-electron chi connectivity index (χ0n) is 15.2. The summed E-state index contributed by atoms with van der Waals surface area (Å²) in [5, 5.41) is 0. The highest BCUT2D eigenvalue weighted by Crippen LogP contribution is 2.40. The summed E-state index contributed by atoms with van der Waals surface area (Å²) in [6.07, 6.45) is 4.76. The Labute approximate surface area is 149 Å². The molecule has 130 valence electrons. The van der Waals surface area contributed by atoms with Crippen LogP contribution < -0.4 is 4.74 Å². The first kappa shape index (κ1) is 16.2. The Morgan fingerprint density at radius 3 is 2.72 bits per heavy atom. The van der Waals surface area contributed by atoms with E-state index >= 15 is 0 Å². The molecule has 1 heterocycles. The molecular formula is C22H26N2O. The second-order valence-corrected chi connectivity index (χ2v) is 7.21. The molecule has 3 nitrogen and oxygen atoms in total. The first-order chi connectivity index (χ1) is 12.2. The zero-order valence-corrected chi connectivity index (χ0v) is 15.2. The molecule has 1 aromatic heterocycles. The largest absolute Gasteiger partial charge is 0.493 e. The van der Waals surface area contributed by atoms with Crippen LogP contribution in [0.3, 0.4) is 0 Å². The zero-order chi connectivity index (χ0) is 17.2. The SMILES string of the molecule is Cc1ccc(OCCCCn2c(C3CC3)nc3ccccc32)c(C)c1. The highest BCUT2D eigenvalue weighted by molar-refractivity contribution is 5.76. The summed E-state index contributed by atoms with van der Waals surface area (Å²) in [6, 6.07) is 14.9. The molecule has 1 fully saturated rings. The van der Waals surface area contributed by atoms with Gasteiger partial charge in [-0.2, -0.15) is 0 Å². The smallest absolute Gasteiger partial charge is 0.122 e. The number of para-hydroxylation sites is 2. The number of imidazole rings is 1. The monoisotopic (exact) mass is 334 g/mol. The Balaban J connectivity index is 1.36. The summed E-state index contributed by atoms with van der Waals surface area (Å²) in [6.45, 7) is 6.03. The maximum atomic E-state index is 5.96. The number of rotatable bonds is 7. The molecule has 4 rings (SSSR count). The molecule has 0 N–H and O–H groups in total. The molecule has 0 atom stereocenters. The van der Waals surface area contributed by atoms with Crippen molar-refractivity contribution in [2.24, 2.45) is 0 Å². The van der Waals surface area contributed by atoms with E-state index in [0.717, 1.165) is 37.3 Å². The van der Waals surface area contributed by atoms with Gasteiger partial charge in [-0.15, -0.1) is 0 Å². The first-order valence-electron chi connectivity index (χ1n) is 9.37. The van der Waals surface area contributed by atoms with Gasteiger partial charge >= 0.3 is 0 Å². The molecule has 0 amide bonds. The number of hydrogen-bond acceptors (Lipinski definition) is 2. The van der Waals surface area contributed by atoms with Gasteiger partial charge in [0.25, 0.3) is 0 Å². The third-order valence-corrected chi connectivity index (χ3v) is 4.99. The maximum Gasteiger partial charge on any atom is 0.122 e. The summed E-state index contributed by atoms with van der Waals surface area (Å²) in [4.78, 5) is 4.87. The van der Waals surface area contributed by atoms with Crippen LogP contribution in [0.15, 0.2) is 42.5 Å². The minimum atomic E-state index is 0.679. The quantitative estimate of drug-likeness (QED) is 0.542. The van der Waals surface area contributed by atoms with Crippen LogP contribution in [0.4, 0.5) is 0 Å². The van der Waals surface area contributed by atoms with Crippen molar-refractivity contribution < 1.29 is 4.74 Å². The first-order valence-corrected chi connectivity index (χ1v) is 9.37. The van der Waals surface area contributed by atoms with Gasteiger partial charge in [0.1, 0.15) is 11.6 Å². The van der Waals surface area contributed by atoms with E-state index in [1.54, 1.807) is 0 Å². The minimum absolute atomic E-state index is 0.679. The second-order valence-electron chi connectivity index (χ2n) is 7.21. The average molecular weight is 334 g/mol. The molecule has 0 bridgehead atoms. The van der Waals surface area contributed by atoms with Crippen molar-refractivity contribution in [3.05, 3.63) is 59.4 Å². The molecule has 0 unspecified atom stereocenters. The lowest BCUT2D eigenvalue weighted by molar-refractivity contribution is 0.301. The Morgan fingerprint density at radius 2 is 1.92 bits per heavy atom. The van der Waals surface area contributed by atoms with Crippen molar-refractivity contribution >= 4 is 11.0 Å². The van der Waals surface area contributed by atoms with Gasteiger partial charge in [-0.05, 0) is 63.3 Å². The van der Waals surface area contributed by atoms with Crippen LogP contribution in [0.1, 0.15) is 48.6 Å². The van der Waals surface area contributed by atoms with Crippen molar-refractivity contribution in [3.63, 3.8) is 0 Å². The minimum Gasteiger partial charge on any atom is -0.493 e. The molecule has 3 aromatic rings. The van der Waals surface area contributed by atoms with Gasteiger partial charge in [-0.25, -0.2) is 4.98 Å². The number of aromatic nitrogens is 2. The Kier molecular flexibility index (Phi) is 4.48. The van der Waals surface area contributed by atoms with Crippen LogP contribution in [-0.2, 0) is 6.54 Å². The van der Waals surface area contributed by atoms with E-state index in [1.165, 1.54) is 35.3 Å². The molecule has 3 heteroatoms. The fourth-order valence-corrected chi connectivity index (χ4v) is 3.50. The van der Waals surface area contributed by atoms with Crippen LogP contribution in [0.2, 0.25) is 0 Å². The van der Waals surface area contributed by atoms with Crippen molar-refractivity contribution in [2.45, 2.75) is 52.0 Å². The van der Waals surface area contributed by atoms with E-state index in [9.17, 15) is 0 Å². The number of fused-ring (bicyclic) bond motifs is 1. The van der Waals surface area contributed by atoms with Crippen molar-refractivity contribution in [3.8, 4) is 5.75 Å². The summed E-state index contributed by atoms with van der Waals surface area (Å²) < 4.78 is 8.40. The Bertz CT molecular complexity index is 877. The van der Waals surface area contributed by atoms with Crippen LogP contribution in [0, 0.1) is 13.8 Å². The lowest BCUT2D eigenvalue weighted by Crippen LogP contribution is -2.05. The fourth-order valence-electron chi connectivity index (χ4n) is 3.50. The Morgan fingerprint density at radius 1 is 1.08 bits per heavy atom. The standard InChI is InChI=1S/C22H26N2O/c1-16-9-12-21(17(2)15-16)25-14-6-5-13-24-20-8-4-3-7-19(20)23-22(24)18-10-11-18/h3-4,7-9,12,15,18H,5-6,10-11,13-14H2,1-2H3. The molecule has 25 heavy (non-hydrogen) atoms. The number of hydrogen-bond donors (Lipinski definition) is 0. The van der Waals surface area contributed by atoms with Crippen molar-refractivity contribution in [1.82, 2.24) is 9.55 Å². The van der Waals surface area contributed by atoms with Gasteiger partial charge in [-0.3, -0.25) is 0 Å². The maximum absolute atomic E-state index is 5.96. The van der Waals surface area contributed by atoms with E-state index < -0.39 is 0 Å². The van der Waals surface area contributed by atoms with Gasteiger partial charge in [-0.1, -0.05) is 29.8 Å². The summed E-state index contributed by atoms with van der Waals surface area (Å²) in [5.41, 5.74) is 4.91. The van der Waals surface area contributed by atoms with Crippen LogP contribution in [0.5, 0.6) is 5.75 Å². The molecule has 1 aliphatic rings. The van der Waals surface area contributed by atoms with Crippen molar-refractivity contribution in [2.75, 3.05) is 6.61 Å². The number of nitrogens with zero attached hydrogens (tertiary/aromatic N) is 2. The van der Waals surface area contributed by atoms with Gasteiger partial charge in [0.05, 0.1) is 17.6 Å². The highest BCUT2D eigenvalue weighted by Gasteiger charge is 2.29. The van der Waals surface area contributed by atoms with E-state index in [-0.39, 0.29) is 0 Å². The van der Waals surface area contributed by atoms with Gasteiger partial charge < -0.3 is 9.30 Å². The molecule has 1 aliphatic carbocycles. The van der Waals surface area contributed by atoms with Crippen LogP contribution >= 0.6 is 0 Å². The normalized spacial score (nSPS) is 14.2. The molecule has 0 saturated heterocycles. The lowest BCUT2D eigenvalue weighted by atomic mass is 10.1.